The fraction of sp³-hybridized carbons (Fsp3) is 0.571. The molecule has 0 aliphatic carbocycles. The second-order valence-corrected chi connectivity index (χ2v) is 6.00. The van der Waals surface area contributed by atoms with Gasteiger partial charge >= 0.3 is 6.18 Å². The van der Waals surface area contributed by atoms with E-state index in [2.05, 4.69) is 18.6 Å². The van der Waals surface area contributed by atoms with Gasteiger partial charge in [0.1, 0.15) is 0 Å². The quantitative estimate of drug-likeness (QED) is 0.637. The highest BCUT2D eigenvalue weighted by molar-refractivity contribution is 7.97. The number of benzene rings is 1. The molecular formula is C14H19ClF3NS. The lowest BCUT2D eigenvalue weighted by Gasteiger charge is -2.15. The van der Waals surface area contributed by atoms with Gasteiger partial charge in [-0.1, -0.05) is 38.3 Å². The van der Waals surface area contributed by atoms with Crippen molar-refractivity contribution < 1.29 is 13.2 Å². The van der Waals surface area contributed by atoms with Crippen LogP contribution in [0, 0.1) is 5.92 Å². The molecule has 1 unspecified atom stereocenters. The minimum Gasteiger partial charge on any atom is -0.260 e. The first-order chi connectivity index (χ1) is 9.38. The van der Waals surface area contributed by atoms with Gasteiger partial charge < -0.3 is 0 Å². The average molecular weight is 326 g/mol. The molecule has 6 heteroatoms. The highest BCUT2D eigenvalue weighted by atomic mass is 35.5. The molecule has 0 radical (unpaired) electrons. The summed E-state index contributed by atoms with van der Waals surface area (Å²) in [5.41, 5.74) is -0.674. The van der Waals surface area contributed by atoms with E-state index in [1.54, 1.807) is 0 Å². The number of alkyl halides is 3. The summed E-state index contributed by atoms with van der Waals surface area (Å²) in [7, 11) is 0. The molecule has 0 aromatic heterocycles. The fourth-order valence-electron chi connectivity index (χ4n) is 1.85. The Morgan fingerprint density at radius 1 is 1.30 bits per heavy atom. The lowest BCUT2D eigenvalue weighted by Crippen LogP contribution is -2.16. The van der Waals surface area contributed by atoms with Crippen LogP contribution in [0.4, 0.5) is 13.2 Å². The highest BCUT2D eigenvalue weighted by Crippen LogP contribution is 2.34. The van der Waals surface area contributed by atoms with Crippen LogP contribution in [0.1, 0.15) is 38.7 Å². The molecule has 0 bridgehead atoms. The molecule has 0 spiro atoms. The van der Waals surface area contributed by atoms with Gasteiger partial charge in [0.25, 0.3) is 0 Å². The Balaban J connectivity index is 2.63. The van der Waals surface area contributed by atoms with Crippen LogP contribution in [-0.4, -0.2) is 6.54 Å². The van der Waals surface area contributed by atoms with Crippen molar-refractivity contribution in [3.8, 4) is 0 Å². The smallest absolute Gasteiger partial charge is 0.260 e. The predicted molar refractivity (Wildman–Crippen MR) is 79.0 cm³/mol. The second kappa shape index (κ2) is 8.15. The second-order valence-electron chi connectivity index (χ2n) is 4.66. The van der Waals surface area contributed by atoms with E-state index in [1.807, 2.05) is 0 Å². The first-order valence-corrected chi connectivity index (χ1v) is 7.84. The normalized spacial score (nSPS) is 13.5. The number of nitrogens with one attached hydrogen (secondary N) is 1. The van der Waals surface area contributed by atoms with Crippen molar-refractivity contribution >= 4 is 23.5 Å². The zero-order chi connectivity index (χ0) is 15.2. The number of hydrogen-bond donors (Lipinski definition) is 1. The topological polar surface area (TPSA) is 12.0 Å². The van der Waals surface area contributed by atoms with Gasteiger partial charge in [0.15, 0.2) is 0 Å². The maximum Gasteiger partial charge on any atom is 0.416 e. The molecule has 1 atom stereocenters. The first kappa shape index (κ1) is 17.7. The third-order valence-electron chi connectivity index (χ3n) is 3.09. The molecule has 0 heterocycles. The van der Waals surface area contributed by atoms with Crippen LogP contribution in [0.3, 0.4) is 0 Å². The summed E-state index contributed by atoms with van der Waals surface area (Å²) in [5.74, 6) is 0.539. The minimum atomic E-state index is -4.34. The highest BCUT2D eigenvalue weighted by Gasteiger charge is 2.30. The summed E-state index contributed by atoms with van der Waals surface area (Å²) in [5, 5.41) is 0.332. The summed E-state index contributed by atoms with van der Waals surface area (Å²) >= 11 is 7.09. The predicted octanol–water partition coefficient (Wildman–Crippen LogP) is 5.78. The van der Waals surface area contributed by atoms with Gasteiger partial charge in [-0.15, -0.1) is 0 Å². The van der Waals surface area contributed by atoms with E-state index < -0.39 is 11.7 Å². The van der Waals surface area contributed by atoms with Gasteiger partial charge in [0.05, 0.1) is 10.6 Å². The molecule has 0 saturated carbocycles. The van der Waals surface area contributed by atoms with Gasteiger partial charge in [0, 0.05) is 11.4 Å². The summed E-state index contributed by atoms with van der Waals surface area (Å²) < 4.78 is 41.0. The molecule has 1 rings (SSSR count). The van der Waals surface area contributed by atoms with Crippen LogP contribution >= 0.6 is 23.5 Å². The van der Waals surface area contributed by atoms with E-state index in [4.69, 9.17) is 11.6 Å². The summed E-state index contributed by atoms with van der Waals surface area (Å²) in [6.45, 7) is 5.00. The molecule has 114 valence electrons. The Morgan fingerprint density at radius 2 is 2.00 bits per heavy atom. The molecule has 20 heavy (non-hydrogen) atoms. The van der Waals surface area contributed by atoms with Crippen LogP contribution in [0.5, 0.6) is 0 Å². The van der Waals surface area contributed by atoms with Crippen LogP contribution in [-0.2, 0) is 6.18 Å². The Kier molecular flexibility index (Phi) is 7.20. The van der Waals surface area contributed by atoms with Gasteiger partial charge in [-0.25, -0.2) is 0 Å². The number of rotatable bonds is 7. The molecule has 1 aromatic carbocycles. The van der Waals surface area contributed by atoms with Gasteiger partial charge in [-0.05, 0) is 42.5 Å². The van der Waals surface area contributed by atoms with E-state index in [1.165, 1.54) is 6.07 Å². The molecule has 1 N–H and O–H groups in total. The largest absolute Gasteiger partial charge is 0.416 e. The van der Waals surface area contributed by atoms with Crippen molar-refractivity contribution in [2.45, 2.75) is 44.2 Å². The fourth-order valence-corrected chi connectivity index (χ4v) is 2.91. The van der Waals surface area contributed by atoms with E-state index in [0.717, 1.165) is 49.9 Å². The van der Waals surface area contributed by atoms with Crippen molar-refractivity contribution in [2.75, 3.05) is 6.54 Å². The van der Waals surface area contributed by atoms with E-state index in [-0.39, 0.29) is 0 Å². The van der Waals surface area contributed by atoms with Crippen LogP contribution in [0.2, 0.25) is 5.02 Å². The number of halogens is 4. The van der Waals surface area contributed by atoms with Crippen LogP contribution < -0.4 is 4.72 Å². The van der Waals surface area contributed by atoms with Gasteiger partial charge in [-0.2, -0.15) is 13.2 Å². The molecule has 0 aliphatic heterocycles. The molecular weight excluding hydrogens is 307 g/mol. The van der Waals surface area contributed by atoms with Crippen molar-refractivity contribution in [3.05, 3.63) is 28.8 Å². The monoisotopic (exact) mass is 325 g/mol. The molecule has 0 fully saturated rings. The SMILES string of the molecule is CCCC(CC)CNSc1cc(C(F)(F)F)ccc1Cl. The zero-order valence-electron chi connectivity index (χ0n) is 11.6. The van der Waals surface area contributed by atoms with E-state index >= 15 is 0 Å². The number of hydrogen-bond acceptors (Lipinski definition) is 2. The van der Waals surface area contributed by atoms with Gasteiger partial charge in [-0.3, -0.25) is 4.72 Å². The van der Waals surface area contributed by atoms with E-state index in [9.17, 15) is 13.2 Å². The standard InChI is InChI=1S/C14H19ClF3NS/c1-3-5-10(4-2)9-19-20-13-8-11(14(16,17)18)6-7-12(13)15/h6-8,10,19H,3-5,9H2,1-2H3. The lowest BCUT2D eigenvalue weighted by atomic mass is 10.0. The summed E-state index contributed by atoms with van der Waals surface area (Å²) in [4.78, 5) is 0.410. The zero-order valence-corrected chi connectivity index (χ0v) is 13.1. The molecule has 1 nitrogen and oxygen atoms in total. The average Bonchev–Trinajstić information content (AvgIpc) is 2.38. The van der Waals surface area contributed by atoms with Crippen molar-refractivity contribution in [3.63, 3.8) is 0 Å². The molecule has 1 aromatic rings. The van der Waals surface area contributed by atoms with Crippen molar-refractivity contribution in [1.82, 2.24) is 4.72 Å². The molecule has 0 amide bonds. The Bertz CT molecular complexity index is 423. The summed E-state index contributed by atoms with van der Waals surface area (Å²) in [6.07, 6.45) is -1.07. The Hall–Kier alpha value is -0.390. The first-order valence-electron chi connectivity index (χ1n) is 6.64. The molecule has 0 aliphatic rings. The van der Waals surface area contributed by atoms with Crippen molar-refractivity contribution in [2.24, 2.45) is 5.92 Å². The molecule has 0 saturated heterocycles. The third-order valence-corrected chi connectivity index (χ3v) is 4.40. The third kappa shape index (κ3) is 5.54. The van der Waals surface area contributed by atoms with Crippen molar-refractivity contribution in [1.29, 1.82) is 0 Å². The lowest BCUT2D eigenvalue weighted by molar-refractivity contribution is -0.137. The minimum absolute atomic E-state index is 0.332. The van der Waals surface area contributed by atoms with Crippen LogP contribution in [0.25, 0.3) is 0 Å². The van der Waals surface area contributed by atoms with Crippen LogP contribution in [0.15, 0.2) is 23.1 Å². The maximum atomic E-state index is 12.6. The summed E-state index contributed by atoms with van der Waals surface area (Å²) in [6, 6.07) is 3.37. The Labute approximate surface area is 127 Å². The Morgan fingerprint density at radius 3 is 2.55 bits per heavy atom. The maximum absolute atomic E-state index is 12.6. The van der Waals surface area contributed by atoms with E-state index in [0.29, 0.717) is 15.8 Å². The van der Waals surface area contributed by atoms with Gasteiger partial charge in [0.2, 0.25) is 0 Å².